The van der Waals surface area contributed by atoms with Crippen LogP contribution < -0.4 is 10.6 Å². The number of hydrogen-bond acceptors (Lipinski definition) is 2. The fourth-order valence-electron chi connectivity index (χ4n) is 1.94. The first kappa shape index (κ1) is 13.1. The molecule has 0 saturated heterocycles. The van der Waals surface area contributed by atoms with E-state index in [9.17, 15) is 4.79 Å². The first-order valence-corrected chi connectivity index (χ1v) is 6.51. The van der Waals surface area contributed by atoms with Crippen molar-refractivity contribution in [2.75, 3.05) is 19.6 Å². The molecule has 18 heavy (non-hydrogen) atoms. The molecule has 1 aliphatic heterocycles. The molecular formula is C14H17ClN2O. The van der Waals surface area contributed by atoms with Crippen LogP contribution in [0.15, 0.2) is 35.9 Å². The van der Waals surface area contributed by atoms with Gasteiger partial charge in [-0.2, -0.15) is 0 Å². The van der Waals surface area contributed by atoms with Crippen LogP contribution in [0.4, 0.5) is 0 Å². The molecule has 0 radical (unpaired) electrons. The first-order chi connectivity index (χ1) is 8.74. The van der Waals surface area contributed by atoms with Crippen LogP contribution in [-0.4, -0.2) is 25.5 Å². The number of benzene rings is 1. The molecule has 1 amide bonds. The highest BCUT2D eigenvalue weighted by Crippen LogP contribution is 2.11. The zero-order valence-electron chi connectivity index (χ0n) is 10.2. The molecule has 0 aliphatic carbocycles. The van der Waals surface area contributed by atoms with Gasteiger partial charge in [0.15, 0.2) is 0 Å². The lowest BCUT2D eigenvalue weighted by Crippen LogP contribution is -2.30. The molecule has 0 saturated carbocycles. The monoisotopic (exact) mass is 264 g/mol. The Kier molecular flexibility index (Phi) is 4.79. The highest BCUT2D eigenvalue weighted by atomic mass is 35.5. The third kappa shape index (κ3) is 4.17. The summed E-state index contributed by atoms with van der Waals surface area (Å²) in [5.74, 6) is 0.0386. The number of carbonyl (C=O) groups is 1. The van der Waals surface area contributed by atoms with Crippen LogP contribution in [0.3, 0.4) is 0 Å². The quantitative estimate of drug-likeness (QED) is 0.816. The zero-order chi connectivity index (χ0) is 12.8. The predicted molar refractivity (Wildman–Crippen MR) is 73.7 cm³/mol. The Morgan fingerprint density at radius 2 is 2.33 bits per heavy atom. The minimum absolute atomic E-state index is 0.0386. The van der Waals surface area contributed by atoms with Crippen molar-refractivity contribution >= 4 is 17.5 Å². The average Bonchev–Trinajstić information content (AvgIpc) is 2.38. The molecule has 1 aromatic rings. The van der Waals surface area contributed by atoms with Gasteiger partial charge in [-0.3, -0.25) is 4.79 Å². The Hall–Kier alpha value is -1.32. The number of amides is 1. The van der Waals surface area contributed by atoms with Crippen LogP contribution in [0.2, 0.25) is 5.02 Å². The summed E-state index contributed by atoms with van der Waals surface area (Å²) in [7, 11) is 0. The van der Waals surface area contributed by atoms with Gasteiger partial charge in [-0.25, -0.2) is 0 Å². The second-order valence-corrected chi connectivity index (χ2v) is 4.84. The smallest absolute Gasteiger partial charge is 0.224 e. The van der Waals surface area contributed by atoms with Crippen LogP contribution in [-0.2, 0) is 11.2 Å². The number of rotatable bonds is 4. The lowest BCUT2D eigenvalue weighted by Gasteiger charge is -2.14. The van der Waals surface area contributed by atoms with E-state index in [0.717, 1.165) is 25.1 Å². The molecule has 3 nitrogen and oxygen atoms in total. The van der Waals surface area contributed by atoms with Crippen molar-refractivity contribution in [1.29, 1.82) is 0 Å². The van der Waals surface area contributed by atoms with E-state index in [4.69, 9.17) is 11.6 Å². The molecule has 2 rings (SSSR count). The van der Waals surface area contributed by atoms with Crippen molar-refractivity contribution < 1.29 is 4.79 Å². The van der Waals surface area contributed by atoms with Crippen LogP contribution in [0, 0.1) is 0 Å². The molecule has 4 heteroatoms. The summed E-state index contributed by atoms with van der Waals surface area (Å²) < 4.78 is 0. The van der Waals surface area contributed by atoms with Gasteiger partial charge >= 0.3 is 0 Å². The summed E-state index contributed by atoms with van der Waals surface area (Å²) in [6.45, 7) is 2.55. The Bertz CT molecular complexity index is 457. The SMILES string of the molecule is O=C(Cc1cccc(Cl)c1)NCC1=CCNCC1. The summed E-state index contributed by atoms with van der Waals surface area (Å²) in [4.78, 5) is 11.8. The van der Waals surface area contributed by atoms with E-state index in [-0.39, 0.29) is 5.91 Å². The summed E-state index contributed by atoms with van der Waals surface area (Å²) in [6, 6.07) is 7.41. The molecule has 0 unspecified atom stereocenters. The van der Waals surface area contributed by atoms with Crippen molar-refractivity contribution in [1.82, 2.24) is 10.6 Å². The highest BCUT2D eigenvalue weighted by molar-refractivity contribution is 6.30. The molecule has 2 N–H and O–H groups in total. The summed E-state index contributed by atoms with van der Waals surface area (Å²) in [5, 5.41) is 6.85. The Morgan fingerprint density at radius 3 is 3.06 bits per heavy atom. The molecular weight excluding hydrogens is 248 g/mol. The Morgan fingerprint density at radius 1 is 1.44 bits per heavy atom. The van der Waals surface area contributed by atoms with E-state index < -0.39 is 0 Å². The number of halogens is 1. The number of nitrogens with one attached hydrogen (secondary N) is 2. The first-order valence-electron chi connectivity index (χ1n) is 6.14. The molecule has 0 atom stereocenters. The van der Waals surface area contributed by atoms with Gasteiger partial charge in [0.05, 0.1) is 6.42 Å². The molecule has 0 spiro atoms. The lowest BCUT2D eigenvalue weighted by molar-refractivity contribution is -0.120. The van der Waals surface area contributed by atoms with E-state index in [1.807, 2.05) is 24.3 Å². The van der Waals surface area contributed by atoms with E-state index in [2.05, 4.69) is 16.7 Å². The second kappa shape index (κ2) is 6.57. The van der Waals surface area contributed by atoms with Crippen molar-refractivity contribution in [3.05, 3.63) is 46.5 Å². The lowest BCUT2D eigenvalue weighted by atomic mass is 10.1. The maximum absolute atomic E-state index is 11.8. The summed E-state index contributed by atoms with van der Waals surface area (Å²) >= 11 is 5.88. The normalized spacial score (nSPS) is 15.1. The highest BCUT2D eigenvalue weighted by Gasteiger charge is 2.06. The van der Waals surface area contributed by atoms with E-state index in [1.54, 1.807) is 0 Å². The van der Waals surface area contributed by atoms with Crippen LogP contribution in [0.25, 0.3) is 0 Å². The van der Waals surface area contributed by atoms with Gasteiger partial charge in [0.2, 0.25) is 5.91 Å². The van der Waals surface area contributed by atoms with Gasteiger partial charge in [-0.1, -0.05) is 35.4 Å². The van der Waals surface area contributed by atoms with Crippen molar-refractivity contribution in [3.8, 4) is 0 Å². The minimum Gasteiger partial charge on any atom is -0.352 e. The molecule has 96 valence electrons. The van der Waals surface area contributed by atoms with Crippen LogP contribution in [0.1, 0.15) is 12.0 Å². The predicted octanol–water partition coefficient (Wildman–Crippen LogP) is 1.92. The van der Waals surface area contributed by atoms with Gasteiger partial charge in [-0.05, 0) is 30.7 Å². The maximum atomic E-state index is 11.8. The second-order valence-electron chi connectivity index (χ2n) is 4.40. The van der Waals surface area contributed by atoms with E-state index >= 15 is 0 Å². The third-order valence-corrected chi connectivity index (χ3v) is 3.16. The van der Waals surface area contributed by atoms with Gasteiger partial charge < -0.3 is 10.6 Å². The topological polar surface area (TPSA) is 41.1 Å². The van der Waals surface area contributed by atoms with E-state index in [0.29, 0.717) is 18.0 Å². The summed E-state index contributed by atoms with van der Waals surface area (Å²) in [6.07, 6.45) is 3.53. The number of carbonyl (C=O) groups excluding carboxylic acids is 1. The maximum Gasteiger partial charge on any atom is 0.224 e. The standard InChI is InChI=1S/C14H17ClN2O/c15-13-3-1-2-12(8-13)9-14(18)17-10-11-4-6-16-7-5-11/h1-4,8,16H,5-7,9-10H2,(H,17,18). The molecule has 0 aromatic heterocycles. The van der Waals surface area contributed by atoms with E-state index in [1.165, 1.54) is 5.57 Å². The third-order valence-electron chi connectivity index (χ3n) is 2.92. The largest absolute Gasteiger partial charge is 0.352 e. The fraction of sp³-hybridized carbons (Fsp3) is 0.357. The molecule has 1 aliphatic rings. The Balaban J connectivity index is 1.80. The van der Waals surface area contributed by atoms with Crippen molar-refractivity contribution in [2.45, 2.75) is 12.8 Å². The van der Waals surface area contributed by atoms with Crippen LogP contribution in [0.5, 0.6) is 0 Å². The average molecular weight is 265 g/mol. The van der Waals surface area contributed by atoms with Crippen LogP contribution >= 0.6 is 11.6 Å². The van der Waals surface area contributed by atoms with Gasteiger partial charge in [-0.15, -0.1) is 0 Å². The number of hydrogen-bond donors (Lipinski definition) is 2. The Labute approximate surface area is 112 Å². The molecule has 1 heterocycles. The summed E-state index contributed by atoms with van der Waals surface area (Å²) in [5.41, 5.74) is 2.24. The van der Waals surface area contributed by atoms with Gasteiger partial charge in [0.25, 0.3) is 0 Å². The van der Waals surface area contributed by atoms with Crippen molar-refractivity contribution in [3.63, 3.8) is 0 Å². The molecule has 0 bridgehead atoms. The van der Waals surface area contributed by atoms with Crippen molar-refractivity contribution in [2.24, 2.45) is 0 Å². The zero-order valence-corrected chi connectivity index (χ0v) is 11.0. The molecule has 1 aromatic carbocycles. The fourth-order valence-corrected chi connectivity index (χ4v) is 2.15. The minimum atomic E-state index is 0.0386. The van der Waals surface area contributed by atoms with Gasteiger partial charge in [0, 0.05) is 18.1 Å². The van der Waals surface area contributed by atoms with Gasteiger partial charge in [0.1, 0.15) is 0 Å². The molecule has 0 fully saturated rings.